The first kappa shape index (κ1) is 22.1. The summed E-state index contributed by atoms with van der Waals surface area (Å²) in [7, 11) is 1.80. The molecule has 1 aromatic heterocycles. The quantitative estimate of drug-likeness (QED) is 0.566. The lowest BCUT2D eigenvalue weighted by molar-refractivity contribution is -0.00545. The number of hydrogen-bond donors (Lipinski definition) is 2. The second-order valence-corrected chi connectivity index (χ2v) is 8.72. The average molecular weight is 410 g/mol. The number of pyridine rings is 1. The van der Waals surface area contributed by atoms with Gasteiger partial charge in [0, 0.05) is 44.8 Å². The van der Waals surface area contributed by atoms with Crippen LogP contribution in [0.3, 0.4) is 0 Å². The Morgan fingerprint density at radius 2 is 1.80 bits per heavy atom. The molecule has 0 spiro atoms. The maximum absolute atomic E-state index is 5.81. The Labute approximate surface area is 180 Å². The smallest absolute Gasteiger partial charge is 0.191 e. The summed E-state index contributed by atoms with van der Waals surface area (Å²) < 4.78 is 5.81. The first-order valence-electron chi connectivity index (χ1n) is 10.7. The van der Waals surface area contributed by atoms with Gasteiger partial charge in [-0.1, -0.05) is 50.2 Å². The largest absolute Gasteiger partial charge is 0.372 e. The molecule has 2 atom stereocenters. The molecule has 162 valence electrons. The maximum Gasteiger partial charge on any atom is 0.191 e. The Morgan fingerprint density at radius 3 is 2.40 bits per heavy atom. The highest BCUT2D eigenvalue weighted by Gasteiger charge is 2.23. The van der Waals surface area contributed by atoms with E-state index in [1.165, 1.54) is 5.56 Å². The highest BCUT2D eigenvalue weighted by molar-refractivity contribution is 5.79. The molecule has 1 aromatic carbocycles. The number of nitrogens with zero attached hydrogens (tertiary/aromatic N) is 3. The summed E-state index contributed by atoms with van der Waals surface area (Å²) in [6, 6.07) is 14.8. The van der Waals surface area contributed by atoms with Gasteiger partial charge in [0.05, 0.1) is 12.2 Å². The Kier molecular flexibility index (Phi) is 7.32. The predicted molar refractivity (Wildman–Crippen MR) is 124 cm³/mol. The Hall–Kier alpha value is -2.60. The van der Waals surface area contributed by atoms with Gasteiger partial charge in [-0.25, -0.2) is 4.98 Å². The number of nitrogens with one attached hydrogen (secondary N) is 2. The lowest BCUT2D eigenvalue weighted by atomic mass is 9.85. The molecule has 2 unspecified atom stereocenters. The van der Waals surface area contributed by atoms with Crippen LogP contribution in [0.1, 0.15) is 38.8 Å². The van der Waals surface area contributed by atoms with Gasteiger partial charge in [-0.05, 0) is 31.0 Å². The molecule has 1 aliphatic heterocycles. The van der Waals surface area contributed by atoms with Crippen molar-refractivity contribution in [3.63, 3.8) is 0 Å². The van der Waals surface area contributed by atoms with Crippen molar-refractivity contribution in [3.05, 3.63) is 59.8 Å². The minimum atomic E-state index is 0.00845. The zero-order valence-electron chi connectivity index (χ0n) is 18.9. The van der Waals surface area contributed by atoms with E-state index >= 15 is 0 Å². The van der Waals surface area contributed by atoms with Gasteiger partial charge in [-0.3, -0.25) is 4.99 Å². The molecule has 2 aromatic rings. The molecule has 0 bridgehead atoms. The van der Waals surface area contributed by atoms with E-state index in [-0.39, 0.29) is 17.6 Å². The molecule has 0 amide bonds. The fourth-order valence-electron chi connectivity index (χ4n) is 3.78. The SMILES string of the molecule is CN=C(NCc1ccc(N2CC(C)OC(C)C2)nc1)NCC(C)(C)c1ccccc1. The van der Waals surface area contributed by atoms with Crippen molar-refractivity contribution in [3.8, 4) is 0 Å². The maximum atomic E-state index is 5.81. The van der Waals surface area contributed by atoms with E-state index in [0.29, 0.717) is 6.54 Å². The van der Waals surface area contributed by atoms with Crippen molar-refractivity contribution in [2.24, 2.45) is 4.99 Å². The van der Waals surface area contributed by atoms with Crippen LogP contribution >= 0.6 is 0 Å². The summed E-state index contributed by atoms with van der Waals surface area (Å²) >= 11 is 0. The van der Waals surface area contributed by atoms with Crippen molar-refractivity contribution in [1.82, 2.24) is 15.6 Å². The summed E-state index contributed by atoms with van der Waals surface area (Å²) in [6.45, 7) is 11.9. The summed E-state index contributed by atoms with van der Waals surface area (Å²) in [5, 5.41) is 6.84. The molecule has 1 fully saturated rings. The lowest BCUT2D eigenvalue weighted by Gasteiger charge is -2.36. The number of aliphatic imine (C=N–C) groups is 1. The van der Waals surface area contributed by atoms with Gasteiger partial charge in [0.15, 0.2) is 5.96 Å². The van der Waals surface area contributed by atoms with E-state index in [1.807, 2.05) is 12.3 Å². The molecule has 0 saturated carbocycles. The molecule has 6 heteroatoms. The highest BCUT2D eigenvalue weighted by atomic mass is 16.5. The zero-order chi connectivity index (χ0) is 21.6. The Morgan fingerprint density at radius 1 is 1.10 bits per heavy atom. The van der Waals surface area contributed by atoms with Crippen molar-refractivity contribution in [2.45, 2.75) is 51.9 Å². The van der Waals surface area contributed by atoms with Crippen molar-refractivity contribution in [1.29, 1.82) is 0 Å². The van der Waals surface area contributed by atoms with Crippen LogP contribution in [0.4, 0.5) is 5.82 Å². The second kappa shape index (κ2) is 9.94. The number of ether oxygens (including phenoxy) is 1. The van der Waals surface area contributed by atoms with Gasteiger partial charge in [0.2, 0.25) is 0 Å². The number of benzene rings is 1. The number of anilines is 1. The highest BCUT2D eigenvalue weighted by Crippen LogP contribution is 2.21. The molecule has 3 rings (SSSR count). The third-order valence-electron chi connectivity index (χ3n) is 5.49. The molecular formula is C24H35N5O. The molecule has 6 nitrogen and oxygen atoms in total. The lowest BCUT2D eigenvalue weighted by Crippen LogP contribution is -2.45. The summed E-state index contributed by atoms with van der Waals surface area (Å²) in [4.78, 5) is 11.3. The molecule has 2 heterocycles. The standard InChI is InChI=1S/C24H35N5O/c1-18-15-29(16-19(2)30-18)22-12-11-20(13-26-22)14-27-23(25-5)28-17-24(3,4)21-9-7-6-8-10-21/h6-13,18-19H,14-17H2,1-5H3,(H2,25,27,28). The molecule has 1 aliphatic rings. The minimum Gasteiger partial charge on any atom is -0.372 e. The summed E-state index contributed by atoms with van der Waals surface area (Å²) in [5.41, 5.74) is 2.44. The molecule has 2 N–H and O–H groups in total. The van der Waals surface area contributed by atoms with Crippen LogP contribution in [0.5, 0.6) is 0 Å². The van der Waals surface area contributed by atoms with E-state index in [0.717, 1.165) is 37.0 Å². The van der Waals surface area contributed by atoms with Gasteiger partial charge >= 0.3 is 0 Å². The van der Waals surface area contributed by atoms with E-state index in [4.69, 9.17) is 4.74 Å². The zero-order valence-corrected chi connectivity index (χ0v) is 18.9. The molecule has 0 radical (unpaired) electrons. The van der Waals surface area contributed by atoms with Crippen LogP contribution in [-0.4, -0.2) is 49.8 Å². The Balaban J connectivity index is 1.51. The Bertz CT molecular complexity index is 809. The number of guanidine groups is 1. The van der Waals surface area contributed by atoms with Crippen LogP contribution < -0.4 is 15.5 Å². The van der Waals surface area contributed by atoms with Gasteiger partial charge in [-0.2, -0.15) is 0 Å². The van der Waals surface area contributed by atoms with Crippen molar-refractivity contribution >= 4 is 11.8 Å². The van der Waals surface area contributed by atoms with E-state index in [9.17, 15) is 0 Å². The number of rotatable bonds is 6. The molecule has 1 saturated heterocycles. The average Bonchev–Trinajstić information content (AvgIpc) is 2.74. The number of morpholine rings is 1. The first-order chi connectivity index (χ1) is 14.4. The molecular weight excluding hydrogens is 374 g/mol. The van der Waals surface area contributed by atoms with Crippen molar-refractivity contribution in [2.75, 3.05) is 31.6 Å². The van der Waals surface area contributed by atoms with Gasteiger partial charge < -0.3 is 20.3 Å². The number of hydrogen-bond acceptors (Lipinski definition) is 4. The predicted octanol–water partition coefficient (Wildman–Crippen LogP) is 3.34. The third-order valence-corrected chi connectivity index (χ3v) is 5.49. The van der Waals surface area contributed by atoms with Gasteiger partial charge in [0.25, 0.3) is 0 Å². The summed E-state index contributed by atoms with van der Waals surface area (Å²) in [5.74, 6) is 1.80. The van der Waals surface area contributed by atoms with Gasteiger partial charge in [0.1, 0.15) is 5.82 Å². The third kappa shape index (κ3) is 5.95. The van der Waals surface area contributed by atoms with E-state index in [2.05, 4.69) is 89.6 Å². The van der Waals surface area contributed by atoms with E-state index < -0.39 is 0 Å². The normalized spacial score (nSPS) is 20.2. The molecule has 0 aliphatic carbocycles. The molecule has 30 heavy (non-hydrogen) atoms. The monoisotopic (exact) mass is 409 g/mol. The second-order valence-electron chi connectivity index (χ2n) is 8.72. The fourth-order valence-corrected chi connectivity index (χ4v) is 3.78. The van der Waals surface area contributed by atoms with Crippen LogP contribution in [0.2, 0.25) is 0 Å². The minimum absolute atomic E-state index is 0.00845. The fraction of sp³-hybridized carbons (Fsp3) is 0.500. The summed E-state index contributed by atoms with van der Waals surface area (Å²) in [6.07, 6.45) is 2.40. The van der Waals surface area contributed by atoms with Crippen molar-refractivity contribution < 1.29 is 4.74 Å². The number of aromatic nitrogens is 1. The van der Waals surface area contributed by atoms with Gasteiger partial charge in [-0.15, -0.1) is 0 Å². The van der Waals surface area contributed by atoms with Crippen LogP contribution in [-0.2, 0) is 16.7 Å². The van der Waals surface area contributed by atoms with E-state index in [1.54, 1.807) is 7.05 Å². The van der Waals surface area contributed by atoms with Crippen LogP contribution in [0.15, 0.2) is 53.7 Å². The van der Waals surface area contributed by atoms with Crippen LogP contribution in [0.25, 0.3) is 0 Å². The van der Waals surface area contributed by atoms with Crippen LogP contribution in [0, 0.1) is 0 Å². The topological polar surface area (TPSA) is 61.8 Å². The first-order valence-corrected chi connectivity index (χ1v) is 10.7.